The second-order valence-electron chi connectivity index (χ2n) is 6.07. The summed E-state index contributed by atoms with van der Waals surface area (Å²) in [6.45, 7) is 4.48. The van der Waals surface area contributed by atoms with E-state index in [1.165, 1.54) is 6.92 Å². The van der Waals surface area contributed by atoms with Crippen molar-refractivity contribution in [3.8, 4) is 5.75 Å². The highest BCUT2D eigenvalue weighted by atomic mass is 16.5. The van der Waals surface area contributed by atoms with E-state index in [-0.39, 0.29) is 18.3 Å². The fourth-order valence-electron chi connectivity index (χ4n) is 2.75. The average Bonchev–Trinajstić information content (AvgIpc) is 2.67. The van der Waals surface area contributed by atoms with Crippen molar-refractivity contribution in [1.82, 2.24) is 0 Å². The smallest absolute Gasteiger partial charge is 0.262 e. The first-order valence-corrected chi connectivity index (χ1v) is 8.58. The van der Waals surface area contributed by atoms with E-state index in [9.17, 15) is 9.59 Å². The van der Waals surface area contributed by atoms with Crippen LogP contribution in [0.25, 0.3) is 0 Å². The number of Topliss-reactive ketones (excluding diaryl/α,β-unsaturated/α-hetero) is 1. The number of nitrogens with one attached hydrogen (secondary N) is 1. The van der Waals surface area contributed by atoms with Crippen LogP contribution in [0.5, 0.6) is 5.75 Å². The molecular weight excluding hydrogens is 332 g/mol. The Kier molecular flexibility index (Phi) is 5.86. The molecule has 2 aromatic rings. The molecule has 3 rings (SSSR count). The molecule has 1 saturated heterocycles. The normalized spacial score (nSPS) is 14.0. The van der Waals surface area contributed by atoms with Crippen LogP contribution in [0.2, 0.25) is 0 Å². The van der Waals surface area contributed by atoms with Gasteiger partial charge in [-0.25, -0.2) is 0 Å². The zero-order valence-corrected chi connectivity index (χ0v) is 14.7. The van der Waals surface area contributed by atoms with E-state index in [0.717, 1.165) is 24.5 Å². The molecule has 1 aliphatic rings. The number of benzene rings is 2. The molecule has 0 radical (unpaired) electrons. The summed E-state index contributed by atoms with van der Waals surface area (Å²) in [5.74, 6) is 0.201. The molecule has 0 saturated carbocycles. The summed E-state index contributed by atoms with van der Waals surface area (Å²) in [6, 6.07) is 14.5. The Hall–Kier alpha value is -2.86. The molecular formula is C20H22N2O4. The number of hydrogen-bond acceptors (Lipinski definition) is 5. The van der Waals surface area contributed by atoms with Gasteiger partial charge in [0.05, 0.1) is 13.2 Å². The van der Waals surface area contributed by atoms with E-state index in [1.807, 2.05) is 24.3 Å². The zero-order valence-electron chi connectivity index (χ0n) is 14.7. The lowest BCUT2D eigenvalue weighted by molar-refractivity contribution is -0.118. The standard InChI is InChI=1S/C20H22N2O4/c1-15(23)16-4-2-7-19(12-16)26-14-20(24)21-17-5-3-6-18(13-17)22-8-10-25-11-9-22/h2-7,12-13H,8-11,14H2,1H3,(H,21,24). The van der Waals surface area contributed by atoms with Crippen molar-refractivity contribution in [2.45, 2.75) is 6.92 Å². The van der Waals surface area contributed by atoms with Crippen LogP contribution in [0.15, 0.2) is 48.5 Å². The summed E-state index contributed by atoms with van der Waals surface area (Å²) in [5.41, 5.74) is 2.34. The number of ether oxygens (including phenoxy) is 2. The molecule has 0 atom stereocenters. The lowest BCUT2D eigenvalue weighted by Crippen LogP contribution is -2.36. The molecule has 1 N–H and O–H groups in total. The fraction of sp³-hybridized carbons (Fsp3) is 0.300. The van der Waals surface area contributed by atoms with Crippen molar-refractivity contribution < 1.29 is 19.1 Å². The van der Waals surface area contributed by atoms with Gasteiger partial charge >= 0.3 is 0 Å². The van der Waals surface area contributed by atoms with E-state index in [1.54, 1.807) is 24.3 Å². The summed E-state index contributed by atoms with van der Waals surface area (Å²) in [4.78, 5) is 25.8. The van der Waals surface area contributed by atoms with Crippen molar-refractivity contribution in [2.24, 2.45) is 0 Å². The van der Waals surface area contributed by atoms with Crippen LogP contribution >= 0.6 is 0 Å². The number of amides is 1. The van der Waals surface area contributed by atoms with Gasteiger partial charge in [-0.15, -0.1) is 0 Å². The first-order chi connectivity index (χ1) is 12.6. The SMILES string of the molecule is CC(=O)c1cccc(OCC(=O)Nc2cccc(N3CCOCC3)c2)c1. The Balaban J connectivity index is 1.56. The molecule has 0 aliphatic carbocycles. The average molecular weight is 354 g/mol. The highest BCUT2D eigenvalue weighted by Gasteiger charge is 2.12. The number of carbonyl (C=O) groups is 2. The topological polar surface area (TPSA) is 67.9 Å². The van der Waals surface area contributed by atoms with Gasteiger partial charge in [-0.05, 0) is 37.3 Å². The van der Waals surface area contributed by atoms with Crippen LogP contribution in [-0.2, 0) is 9.53 Å². The van der Waals surface area contributed by atoms with Gasteiger partial charge in [-0.2, -0.15) is 0 Å². The second kappa shape index (κ2) is 8.49. The Bertz CT molecular complexity index is 785. The van der Waals surface area contributed by atoms with Crippen LogP contribution in [0, 0.1) is 0 Å². The predicted octanol–water partition coefficient (Wildman–Crippen LogP) is 2.74. The molecule has 136 valence electrons. The Morgan fingerprint density at radius 3 is 2.65 bits per heavy atom. The third kappa shape index (κ3) is 4.83. The van der Waals surface area contributed by atoms with Crippen LogP contribution in [0.3, 0.4) is 0 Å². The third-order valence-electron chi connectivity index (χ3n) is 4.12. The first-order valence-electron chi connectivity index (χ1n) is 8.58. The van der Waals surface area contributed by atoms with Gasteiger partial charge in [0.1, 0.15) is 5.75 Å². The molecule has 6 nitrogen and oxygen atoms in total. The van der Waals surface area contributed by atoms with Gasteiger partial charge in [0.15, 0.2) is 12.4 Å². The number of rotatable bonds is 6. The highest BCUT2D eigenvalue weighted by molar-refractivity contribution is 5.94. The van der Waals surface area contributed by atoms with E-state index in [2.05, 4.69) is 10.2 Å². The number of anilines is 2. The molecule has 1 fully saturated rings. The molecule has 1 heterocycles. The largest absolute Gasteiger partial charge is 0.484 e. The van der Waals surface area contributed by atoms with E-state index in [4.69, 9.17) is 9.47 Å². The van der Waals surface area contributed by atoms with Crippen molar-refractivity contribution in [1.29, 1.82) is 0 Å². The van der Waals surface area contributed by atoms with Crippen molar-refractivity contribution >= 4 is 23.1 Å². The maximum atomic E-state index is 12.2. The summed E-state index contributed by atoms with van der Waals surface area (Å²) >= 11 is 0. The van der Waals surface area contributed by atoms with Crippen LogP contribution in [0.1, 0.15) is 17.3 Å². The predicted molar refractivity (Wildman–Crippen MR) is 100 cm³/mol. The second-order valence-corrected chi connectivity index (χ2v) is 6.07. The molecule has 0 aromatic heterocycles. The van der Waals surface area contributed by atoms with Crippen molar-refractivity contribution in [2.75, 3.05) is 43.1 Å². The summed E-state index contributed by atoms with van der Waals surface area (Å²) in [7, 11) is 0. The molecule has 1 amide bonds. The minimum absolute atomic E-state index is 0.0418. The number of ketones is 1. The molecule has 1 aliphatic heterocycles. The number of morpholine rings is 1. The molecule has 6 heteroatoms. The van der Waals surface area contributed by atoms with Crippen LogP contribution < -0.4 is 15.0 Å². The maximum absolute atomic E-state index is 12.2. The Morgan fingerprint density at radius 1 is 1.12 bits per heavy atom. The Labute approximate surface area is 152 Å². The number of hydrogen-bond donors (Lipinski definition) is 1. The quantitative estimate of drug-likeness (QED) is 0.808. The lowest BCUT2D eigenvalue weighted by Gasteiger charge is -2.29. The maximum Gasteiger partial charge on any atom is 0.262 e. The first kappa shape index (κ1) is 17.9. The lowest BCUT2D eigenvalue weighted by atomic mass is 10.1. The van der Waals surface area contributed by atoms with Gasteiger partial charge in [0, 0.05) is 30.0 Å². The van der Waals surface area contributed by atoms with E-state index >= 15 is 0 Å². The minimum Gasteiger partial charge on any atom is -0.484 e. The fourth-order valence-corrected chi connectivity index (χ4v) is 2.75. The Morgan fingerprint density at radius 2 is 1.88 bits per heavy atom. The highest BCUT2D eigenvalue weighted by Crippen LogP contribution is 2.20. The van der Waals surface area contributed by atoms with Crippen molar-refractivity contribution in [3.63, 3.8) is 0 Å². The number of carbonyl (C=O) groups excluding carboxylic acids is 2. The molecule has 0 spiro atoms. The van der Waals surface area contributed by atoms with Gasteiger partial charge in [0.2, 0.25) is 0 Å². The molecule has 26 heavy (non-hydrogen) atoms. The molecule has 0 bridgehead atoms. The summed E-state index contributed by atoms with van der Waals surface area (Å²) < 4.78 is 10.9. The molecule has 0 unspecified atom stereocenters. The number of nitrogens with zero attached hydrogens (tertiary/aromatic N) is 1. The van der Waals surface area contributed by atoms with Crippen LogP contribution in [0.4, 0.5) is 11.4 Å². The zero-order chi connectivity index (χ0) is 18.4. The van der Waals surface area contributed by atoms with E-state index in [0.29, 0.717) is 24.5 Å². The minimum atomic E-state index is -0.252. The van der Waals surface area contributed by atoms with Gasteiger partial charge in [-0.1, -0.05) is 18.2 Å². The summed E-state index contributed by atoms with van der Waals surface area (Å²) in [5, 5.41) is 2.84. The molecule has 2 aromatic carbocycles. The third-order valence-corrected chi connectivity index (χ3v) is 4.12. The van der Waals surface area contributed by atoms with E-state index < -0.39 is 0 Å². The monoisotopic (exact) mass is 354 g/mol. The van der Waals surface area contributed by atoms with Crippen LogP contribution in [-0.4, -0.2) is 44.6 Å². The van der Waals surface area contributed by atoms with Crippen molar-refractivity contribution in [3.05, 3.63) is 54.1 Å². The van der Waals surface area contributed by atoms with Gasteiger partial charge < -0.3 is 19.7 Å². The summed E-state index contributed by atoms with van der Waals surface area (Å²) in [6.07, 6.45) is 0. The van der Waals surface area contributed by atoms with Gasteiger partial charge in [0.25, 0.3) is 5.91 Å². The van der Waals surface area contributed by atoms with Gasteiger partial charge in [-0.3, -0.25) is 9.59 Å².